The summed E-state index contributed by atoms with van der Waals surface area (Å²) in [4.78, 5) is 38.6. The van der Waals surface area contributed by atoms with Gasteiger partial charge < -0.3 is 9.11 Å². The molecule has 0 bridgehead atoms. The second-order valence-corrected chi connectivity index (χ2v) is 10.4. The third-order valence-corrected chi connectivity index (χ3v) is 6.83. The molecule has 0 spiro atoms. The van der Waals surface area contributed by atoms with Gasteiger partial charge in [-0.3, -0.25) is 40.5 Å². The van der Waals surface area contributed by atoms with Crippen LogP contribution < -0.4 is 59.1 Å². The van der Waals surface area contributed by atoms with Crippen molar-refractivity contribution in [3.63, 3.8) is 0 Å². The van der Waals surface area contributed by atoms with Gasteiger partial charge in [0, 0.05) is 12.1 Å². The van der Waals surface area contributed by atoms with Gasteiger partial charge in [-0.25, -0.2) is 16.8 Å². The first kappa shape index (κ1) is 36.8. The van der Waals surface area contributed by atoms with E-state index in [1.165, 1.54) is 0 Å². The van der Waals surface area contributed by atoms with Crippen LogP contribution in [0.1, 0.15) is 0 Å². The molecule has 4 aromatic carbocycles. The Kier molecular flexibility index (Phi) is 12.2. The third kappa shape index (κ3) is 8.44. The zero-order valence-electron chi connectivity index (χ0n) is 21.1. The molecule has 42 heavy (non-hydrogen) atoms. The van der Waals surface area contributed by atoms with Crippen molar-refractivity contribution in [2.45, 2.75) is 9.79 Å². The fourth-order valence-electron chi connectivity index (χ4n) is 3.45. The Balaban J connectivity index is 0.000000401. The molecule has 0 aromatic heterocycles. The van der Waals surface area contributed by atoms with Crippen molar-refractivity contribution in [3.05, 3.63) is 101 Å². The first-order valence-electron chi connectivity index (χ1n) is 10.0. The molecule has 0 N–H and O–H groups in total. The van der Waals surface area contributed by atoms with E-state index in [0.29, 0.717) is 0 Å². The number of fused-ring (bicyclic) bond motifs is 2. The van der Waals surface area contributed by atoms with Crippen molar-refractivity contribution in [2.24, 2.45) is 0 Å². The normalized spacial score (nSPS) is 10.9. The first-order valence-corrected chi connectivity index (χ1v) is 12.9. The van der Waals surface area contributed by atoms with E-state index in [-0.39, 0.29) is 80.7 Å². The predicted octanol–water partition coefficient (Wildman–Crippen LogP) is -2.87. The smallest absolute Gasteiger partial charge is 0.744 e. The molecule has 0 heterocycles. The van der Waals surface area contributed by atoms with Crippen molar-refractivity contribution in [2.75, 3.05) is 0 Å². The molecule has 0 saturated carbocycles. The molecule has 0 fully saturated rings. The van der Waals surface area contributed by atoms with Crippen molar-refractivity contribution in [1.29, 1.82) is 0 Å². The van der Waals surface area contributed by atoms with E-state index in [1.807, 2.05) is 0 Å². The van der Waals surface area contributed by atoms with Crippen LogP contribution in [0.3, 0.4) is 0 Å². The summed E-state index contributed by atoms with van der Waals surface area (Å²) >= 11 is 0. The van der Waals surface area contributed by atoms with Gasteiger partial charge in [0.25, 0.3) is 22.7 Å². The van der Waals surface area contributed by atoms with Gasteiger partial charge in [-0.2, -0.15) is 0 Å². The number of nitrogens with zero attached hydrogens (tertiary/aromatic N) is 4. The Morgan fingerprint density at radius 1 is 0.476 bits per heavy atom. The van der Waals surface area contributed by atoms with Crippen LogP contribution in [0.5, 0.6) is 0 Å². The van der Waals surface area contributed by atoms with Crippen LogP contribution in [0.4, 0.5) is 22.7 Å². The third-order valence-electron chi connectivity index (χ3n) is 5.17. The number of nitro benzene ring substituents is 4. The maximum Gasteiger partial charge on any atom is 1.00 e. The van der Waals surface area contributed by atoms with E-state index < -0.39 is 72.5 Å². The summed E-state index contributed by atoms with van der Waals surface area (Å²) in [5, 5.41) is 43.0. The molecule has 0 amide bonds. The number of benzene rings is 4. The summed E-state index contributed by atoms with van der Waals surface area (Å²) in [7, 11) is -9.50. The van der Waals surface area contributed by atoms with Gasteiger partial charge >= 0.3 is 59.1 Å². The molecule has 0 saturated heterocycles. The average Bonchev–Trinajstić information content (AvgIpc) is 2.85. The molecule has 4 aromatic rings. The van der Waals surface area contributed by atoms with Crippen LogP contribution in [0.15, 0.2) is 70.5 Å². The number of hydrogen-bond donors (Lipinski definition) is 0. The van der Waals surface area contributed by atoms with Crippen LogP contribution in [-0.4, -0.2) is 45.6 Å². The molecule has 0 aliphatic heterocycles. The molecule has 0 aliphatic rings. The summed E-state index contributed by atoms with van der Waals surface area (Å²) in [5.41, 5.74) is -2.21. The minimum atomic E-state index is -4.75. The molecule has 0 unspecified atom stereocenters. The standard InChI is InChI=1S/2C10H6N2O7S.2Na/c2*13-11(14)7-3-6-4-8(20(17,18)19)1-2-9(6)10(5-7)12(15)16;;/h2*1-5H,(H,17,18,19);;/q;;2*+1/p-2. The van der Waals surface area contributed by atoms with E-state index in [0.717, 1.165) is 60.7 Å². The van der Waals surface area contributed by atoms with Crippen LogP contribution in [0.2, 0.25) is 0 Å². The summed E-state index contributed by atoms with van der Waals surface area (Å²) < 4.78 is 65.3. The summed E-state index contributed by atoms with van der Waals surface area (Å²) in [6.45, 7) is 0. The second-order valence-electron chi connectivity index (χ2n) is 7.63. The van der Waals surface area contributed by atoms with E-state index in [1.54, 1.807) is 0 Å². The van der Waals surface area contributed by atoms with Gasteiger partial charge in [-0.05, 0) is 47.2 Å². The maximum atomic E-state index is 10.9. The quantitative estimate of drug-likeness (QED) is 0.0886. The van der Waals surface area contributed by atoms with Gasteiger partial charge in [-0.1, -0.05) is 0 Å². The first-order chi connectivity index (χ1) is 18.4. The Bertz CT molecular complexity index is 1840. The molecular weight excluding hydrogens is 630 g/mol. The molecule has 0 radical (unpaired) electrons. The SMILES string of the molecule is O=[N+]([O-])c1cc([N+](=O)[O-])c2ccc(S(=O)(=O)[O-])cc2c1.O=[N+]([O-])c1cc([N+](=O)[O-])c2ccc(S(=O)(=O)[O-])cc2c1.[Na+].[Na+]. The maximum absolute atomic E-state index is 10.9. The Morgan fingerprint density at radius 2 is 0.786 bits per heavy atom. The van der Waals surface area contributed by atoms with Gasteiger partial charge in [-0.15, -0.1) is 0 Å². The van der Waals surface area contributed by atoms with E-state index in [2.05, 4.69) is 0 Å². The zero-order valence-corrected chi connectivity index (χ0v) is 26.7. The van der Waals surface area contributed by atoms with E-state index in [4.69, 9.17) is 0 Å². The minimum Gasteiger partial charge on any atom is -0.744 e. The summed E-state index contributed by atoms with van der Waals surface area (Å²) in [6, 6.07) is 9.21. The topological polar surface area (TPSA) is 287 Å². The number of hydrogen-bond acceptors (Lipinski definition) is 14. The summed E-state index contributed by atoms with van der Waals surface area (Å²) in [6.07, 6.45) is 0. The van der Waals surface area contributed by atoms with Crippen molar-refractivity contribution < 1.29 is 105 Å². The van der Waals surface area contributed by atoms with Gasteiger partial charge in [0.1, 0.15) is 20.2 Å². The molecule has 0 aliphatic carbocycles. The van der Waals surface area contributed by atoms with Gasteiger partial charge in [0.05, 0.1) is 52.4 Å². The molecule has 208 valence electrons. The Hall–Kier alpha value is -3.18. The molecule has 18 nitrogen and oxygen atoms in total. The van der Waals surface area contributed by atoms with Crippen molar-refractivity contribution in [1.82, 2.24) is 0 Å². The largest absolute Gasteiger partial charge is 1.00 e. The number of rotatable bonds is 6. The van der Waals surface area contributed by atoms with Crippen LogP contribution in [-0.2, 0) is 20.2 Å². The number of nitro groups is 4. The van der Waals surface area contributed by atoms with E-state index in [9.17, 15) is 66.4 Å². The number of non-ortho nitro benzene ring substituents is 4. The second kappa shape index (κ2) is 13.9. The van der Waals surface area contributed by atoms with Gasteiger partial charge in [0.15, 0.2) is 0 Å². The molecule has 22 heteroatoms. The van der Waals surface area contributed by atoms with Crippen molar-refractivity contribution in [3.8, 4) is 0 Å². The van der Waals surface area contributed by atoms with Crippen molar-refractivity contribution >= 4 is 64.5 Å². The van der Waals surface area contributed by atoms with Crippen LogP contribution in [0.25, 0.3) is 21.5 Å². The monoisotopic (exact) mass is 640 g/mol. The zero-order chi connectivity index (χ0) is 30.2. The van der Waals surface area contributed by atoms with Crippen LogP contribution >= 0.6 is 0 Å². The van der Waals surface area contributed by atoms with Gasteiger partial charge in [0.2, 0.25) is 0 Å². The average molecular weight is 640 g/mol. The molecule has 0 atom stereocenters. The fourth-order valence-corrected chi connectivity index (χ4v) is 4.46. The summed E-state index contributed by atoms with van der Waals surface area (Å²) in [5.74, 6) is 0. The predicted molar refractivity (Wildman–Crippen MR) is 130 cm³/mol. The van der Waals surface area contributed by atoms with Crippen LogP contribution in [0, 0.1) is 40.5 Å². The molecular formula is C20H10N4Na2O14S2. The molecule has 4 rings (SSSR count). The van der Waals surface area contributed by atoms with E-state index >= 15 is 0 Å². The fraction of sp³-hybridized carbons (Fsp3) is 0. The Morgan fingerprint density at radius 3 is 1.02 bits per heavy atom. The Labute approximate surface area is 278 Å². The minimum absolute atomic E-state index is 0.